The van der Waals surface area contributed by atoms with Crippen LogP contribution in [0.1, 0.15) is 47.5 Å². The molecule has 0 saturated heterocycles. The van der Waals surface area contributed by atoms with Gasteiger partial charge in [0.25, 0.3) is 0 Å². The average Bonchev–Trinajstić information content (AvgIpc) is 4.41. The molecule has 6 rings (SSSR count). The van der Waals surface area contributed by atoms with Gasteiger partial charge in [-0.25, -0.2) is 34.7 Å². The number of aromatic amines is 6. The lowest BCUT2D eigenvalue weighted by atomic mass is 10.0. The van der Waals surface area contributed by atoms with Crippen LogP contribution in [0.3, 0.4) is 0 Å². The van der Waals surface area contributed by atoms with E-state index in [0.717, 1.165) is 6.92 Å². The van der Waals surface area contributed by atoms with Crippen LogP contribution in [-0.2, 0) is 86.5 Å². The van der Waals surface area contributed by atoms with Gasteiger partial charge in [0.05, 0.1) is 63.2 Å². The molecule has 19 N–H and O–H groups in total. The smallest absolute Gasteiger partial charge is 0.328 e. The Balaban J connectivity index is 1.22. The van der Waals surface area contributed by atoms with Crippen molar-refractivity contribution < 1.29 is 58.2 Å². The van der Waals surface area contributed by atoms with Crippen molar-refractivity contribution in [2.24, 2.45) is 5.73 Å². The largest absolute Gasteiger partial charge is 0.480 e. The molecule has 0 aliphatic rings. The monoisotopic (exact) mass is 1190 g/mol. The Labute approximate surface area is 481 Å². The molecule has 0 bridgehead atoms. The molecule has 0 aliphatic heterocycles. The SMILES string of the molecule is CSCC[C@H](N)C(=O)NCC(=O)N[C@@H](Cc1cnc[nH]1)C(=O)N[C@@H](Cc1cnc[nH]1)C(=O)N[C@@H](Cc1cnc[nH]1)C(=O)N[C@@H](Cc1cnc[nH]1)C(=O)N[C@@H](Cc1cnc[nH]1)C(=O)N[C@@H](Cc1cnc[nH]1)C(=O)NCC(=O)N[C@H](C(=O)O)[C@@H](C)O. The molecule has 84 heavy (non-hydrogen) atoms. The zero-order valence-corrected chi connectivity index (χ0v) is 46.2. The van der Waals surface area contributed by atoms with Gasteiger partial charge in [-0.05, 0) is 25.4 Å². The van der Waals surface area contributed by atoms with E-state index < -0.39 is 127 Å². The van der Waals surface area contributed by atoms with Gasteiger partial charge in [-0.2, -0.15) is 11.8 Å². The predicted octanol–water partition coefficient (Wildman–Crippen LogP) is -6.05. The number of nitrogens with one attached hydrogen (secondary N) is 15. The standard InChI is InChI=1S/C49H66N22O12S/c1-25(72)41(49(82)83)71-40(74)18-58-43(76)33(5-26-11-51-19-59-26)66-45(78)35(7-28-13-53-21-61-28)68-47(80)37(9-30-15-55-23-63-30)70-48(81)38(10-31-16-56-24-64-31)69-46(79)36(8-29-14-54-22-62-29)67-44(77)34(6-27-12-52-20-60-27)65-39(73)17-57-42(75)32(50)3-4-84-2/h11-16,19-25,32-38,41,72H,3-10,17-18,50H2,1-2H3,(H,51,59)(H,52,60)(H,53,61)(H,54,62)(H,55,63)(H,56,64)(H,57,75)(H,58,76)(H,65,73)(H,66,78)(H,67,77)(H,68,80)(H,69,79)(H,70,81)(H,71,74)(H,82,83)/t25-,32+,33+,34+,35+,36+,37+,38+,41+/m1/s1. The number of carbonyl (C=O) groups is 10. The van der Waals surface area contributed by atoms with Crippen molar-refractivity contribution in [2.75, 3.05) is 25.1 Å². The second kappa shape index (κ2) is 32.0. The number of nitrogens with zero attached hydrogens (tertiary/aromatic N) is 6. The van der Waals surface area contributed by atoms with Gasteiger partial charge < -0.3 is 93.7 Å². The van der Waals surface area contributed by atoms with Gasteiger partial charge >= 0.3 is 5.97 Å². The number of rotatable bonds is 35. The third-order valence-corrected chi connectivity index (χ3v) is 13.2. The van der Waals surface area contributed by atoms with Gasteiger partial charge in [-0.1, -0.05) is 0 Å². The number of carbonyl (C=O) groups excluding carboxylic acids is 9. The molecule has 6 heterocycles. The fourth-order valence-electron chi connectivity index (χ4n) is 8.14. The predicted molar refractivity (Wildman–Crippen MR) is 294 cm³/mol. The molecule has 0 fully saturated rings. The molecule has 0 aliphatic carbocycles. The van der Waals surface area contributed by atoms with Crippen LogP contribution in [0, 0.1) is 0 Å². The Hall–Kier alpha value is -9.77. The summed E-state index contributed by atoms with van der Waals surface area (Å²) in [6.07, 6.45) is 15.8. The minimum Gasteiger partial charge on any atom is -0.480 e. The topological polar surface area (TPSA) is 518 Å². The summed E-state index contributed by atoms with van der Waals surface area (Å²) in [4.78, 5) is 178. The Morgan fingerprint density at radius 3 is 0.988 bits per heavy atom. The molecular formula is C49H66N22O12S. The van der Waals surface area contributed by atoms with E-state index in [4.69, 9.17) is 5.73 Å². The maximum Gasteiger partial charge on any atom is 0.328 e. The summed E-state index contributed by atoms with van der Waals surface area (Å²) >= 11 is 1.50. The number of nitrogens with two attached hydrogens (primary N) is 1. The number of aliphatic carboxylic acids is 1. The first kappa shape index (κ1) is 63.4. The number of hydrogen-bond acceptors (Lipinski definition) is 19. The Morgan fingerprint density at radius 1 is 0.452 bits per heavy atom. The van der Waals surface area contributed by atoms with E-state index in [2.05, 4.69) is 108 Å². The number of imidazole rings is 6. The number of thioether (sulfide) groups is 1. The highest BCUT2D eigenvalue weighted by molar-refractivity contribution is 7.98. The van der Waals surface area contributed by atoms with Crippen LogP contribution < -0.4 is 53.6 Å². The van der Waals surface area contributed by atoms with Gasteiger partial charge in [0.2, 0.25) is 53.2 Å². The molecule has 0 unspecified atom stereocenters. The molecule has 9 atom stereocenters. The lowest BCUT2D eigenvalue weighted by molar-refractivity contribution is -0.144. The highest BCUT2D eigenvalue weighted by atomic mass is 32.2. The van der Waals surface area contributed by atoms with Crippen LogP contribution in [0.2, 0.25) is 0 Å². The summed E-state index contributed by atoms with van der Waals surface area (Å²) in [5, 5.41) is 42.0. The summed E-state index contributed by atoms with van der Waals surface area (Å²) < 4.78 is 0. The maximum absolute atomic E-state index is 14.7. The van der Waals surface area contributed by atoms with Crippen LogP contribution in [0.4, 0.5) is 0 Å². The van der Waals surface area contributed by atoms with Gasteiger partial charge in [-0.3, -0.25) is 43.2 Å². The fourth-order valence-corrected chi connectivity index (χ4v) is 8.63. The first-order valence-corrected chi connectivity index (χ1v) is 27.4. The van der Waals surface area contributed by atoms with E-state index in [1.807, 2.05) is 6.26 Å². The normalized spacial score (nSPS) is 14.3. The minimum atomic E-state index is -1.69. The van der Waals surface area contributed by atoms with Gasteiger partial charge in [0, 0.05) is 110 Å². The summed E-state index contributed by atoms with van der Waals surface area (Å²) in [6, 6.07) is -11.4. The molecule has 0 radical (unpaired) electrons. The summed E-state index contributed by atoms with van der Waals surface area (Å²) in [7, 11) is 0. The number of amides is 9. The van der Waals surface area contributed by atoms with E-state index in [1.165, 1.54) is 86.9 Å². The number of hydrogen-bond donors (Lipinski definition) is 18. The van der Waals surface area contributed by atoms with E-state index in [1.54, 1.807) is 0 Å². The second-order valence-electron chi connectivity index (χ2n) is 19.1. The first-order valence-electron chi connectivity index (χ1n) is 26.0. The highest BCUT2D eigenvalue weighted by Crippen LogP contribution is 2.10. The summed E-state index contributed by atoms with van der Waals surface area (Å²) in [6.45, 7) is -0.140. The quantitative estimate of drug-likeness (QED) is 0.0176. The number of carboxylic acid groups (broad SMARTS) is 1. The molecule has 35 heteroatoms. The number of carboxylic acids is 1. The van der Waals surface area contributed by atoms with Crippen LogP contribution in [0.25, 0.3) is 0 Å². The van der Waals surface area contributed by atoms with Crippen molar-refractivity contribution in [3.05, 3.63) is 109 Å². The molecule has 0 spiro atoms. The molecule has 0 saturated carbocycles. The molecule has 34 nitrogen and oxygen atoms in total. The maximum atomic E-state index is 14.7. The molecule has 6 aromatic heterocycles. The first-order chi connectivity index (χ1) is 40.3. The van der Waals surface area contributed by atoms with Crippen molar-refractivity contribution in [3.63, 3.8) is 0 Å². The fraction of sp³-hybridized carbons (Fsp3) is 0.429. The Bertz CT molecular complexity index is 3050. The number of aromatic nitrogens is 12. The molecule has 9 amide bonds. The van der Waals surface area contributed by atoms with Crippen molar-refractivity contribution >= 4 is 70.9 Å². The van der Waals surface area contributed by atoms with Crippen molar-refractivity contribution in [2.45, 2.75) is 106 Å². The van der Waals surface area contributed by atoms with Gasteiger partial charge in [0.1, 0.15) is 36.3 Å². The summed E-state index contributed by atoms with van der Waals surface area (Å²) in [5.74, 6) is -8.66. The average molecular weight is 1190 g/mol. The van der Waals surface area contributed by atoms with E-state index >= 15 is 0 Å². The third-order valence-electron chi connectivity index (χ3n) is 12.6. The van der Waals surface area contributed by atoms with Crippen molar-refractivity contribution in [3.8, 4) is 0 Å². The lowest BCUT2D eigenvalue weighted by Crippen LogP contribution is -2.61. The number of aliphatic hydroxyl groups is 1. The van der Waals surface area contributed by atoms with Gasteiger partial charge in [-0.15, -0.1) is 0 Å². The van der Waals surface area contributed by atoms with E-state index in [9.17, 15) is 58.2 Å². The molecule has 450 valence electrons. The molecule has 0 aromatic carbocycles. The Morgan fingerprint density at radius 2 is 0.726 bits per heavy atom. The zero-order valence-electron chi connectivity index (χ0n) is 45.3. The van der Waals surface area contributed by atoms with Crippen molar-refractivity contribution in [1.82, 2.24) is 108 Å². The Kier molecular flexibility index (Phi) is 24.2. The minimum absolute atomic E-state index is 0.141. The number of H-pyrrole nitrogens is 6. The second-order valence-corrected chi connectivity index (χ2v) is 20.0. The van der Waals surface area contributed by atoms with E-state index in [0.29, 0.717) is 46.3 Å². The zero-order chi connectivity index (χ0) is 60.5. The molecular weight excluding hydrogens is 1120 g/mol. The van der Waals surface area contributed by atoms with Crippen LogP contribution in [0.15, 0.2) is 75.1 Å². The third kappa shape index (κ3) is 20.3. The summed E-state index contributed by atoms with van der Waals surface area (Å²) in [5.41, 5.74) is 8.18. The van der Waals surface area contributed by atoms with Crippen LogP contribution in [-0.4, -0.2) is 209 Å². The van der Waals surface area contributed by atoms with E-state index in [-0.39, 0.29) is 38.5 Å². The highest BCUT2D eigenvalue weighted by Gasteiger charge is 2.36. The van der Waals surface area contributed by atoms with Crippen molar-refractivity contribution in [1.29, 1.82) is 0 Å². The van der Waals surface area contributed by atoms with Gasteiger partial charge in [0.15, 0.2) is 6.04 Å². The number of aliphatic hydroxyl groups excluding tert-OH is 1. The molecule has 6 aromatic rings. The van der Waals surface area contributed by atoms with Crippen LogP contribution in [0.5, 0.6) is 0 Å². The van der Waals surface area contributed by atoms with Crippen LogP contribution >= 0.6 is 11.8 Å². The lowest BCUT2D eigenvalue weighted by Gasteiger charge is -2.27.